The second-order valence-electron chi connectivity index (χ2n) is 7.03. The molecule has 0 fully saturated rings. The lowest BCUT2D eigenvalue weighted by Gasteiger charge is -2.15. The highest BCUT2D eigenvalue weighted by atomic mass is 16.1. The molecule has 1 amide bonds. The number of fused-ring (bicyclic) bond motifs is 2. The Bertz CT molecular complexity index is 978. The number of aromatic nitrogens is 1. The van der Waals surface area contributed by atoms with Crippen molar-refractivity contribution in [1.82, 2.24) is 10.3 Å². The van der Waals surface area contributed by atoms with Crippen molar-refractivity contribution in [2.75, 3.05) is 19.0 Å². The van der Waals surface area contributed by atoms with Crippen LogP contribution in [0, 0.1) is 0 Å². The largest absolute Gasteiger partial charge is 0.378 e. The summed E-state index contributed by atoms with van der Waals surface area (Å²) in [5.41, 5.74) is 6.16. The average Bonchev–Trinajstić information content (AvgIpc) is 3.12. The van der Waals surface area contributed by atoms with Crippen LogP contribution >= 0.6 is 0 Å². The Labute approximate surface area is 153 Å². The van der Waals surface area contributed by atoms with Crippen LogP contribution in [0.4, 0.5) is 5.69 Å². The fraction of sp³-hybridized carbons (Fsp3) is 0.273. The van der Waals surface area contributed by atoms with Crippen molar-refractivity contribution >= 4 is 22.5 Å². The number of hydrogen-bond acceptors (Lipinski definition) is 3. The average molecular weight is 345 g/mol. The van der Waals surface area contributed by atoms with Gasteiger partial charge in [0.25, 0.3) is 5.91 Å². The van der Waals surface area contributed by atoms with Crippen LogP contribution in [0.25, 0.3) is 10.9 Å². The first-order valence-electron chi connectivity index (χ1n) is 9.08. The zero-order chi connectivity index (χ0) is 18.1. The van der Waals surface area contributed by atoms with Crippen molar-refractivity contribution in [2.24, 2.45) is 0 Å². The summed E-state index contributed by atoms with van der Waals surface area (Å²) in [6, 6.07) is 16.2. The molecule has 0 spiro atoms. The fourth-order valence-corrected chi connectivity index (χ4v) is 3.69. The first kappa shape index (κ1) is 16.6. The van der Waals surface area contributed by atoms with Crippen molar-refractivity contribution in [3.8, 4) is 0 Å². The quantitative estimate of drug-likeness (QED) is 0.784. The third-order valence-electron chi connectivity index (χ3n) is 5.03. The maximum atomic E-state index is 13.1. The van der Waals surface area contributed by atoms with Crippen molar-refractivity contribution < 1.29 is 4.79 Å². The minimum absolute atomic E-state index is 0.00277. The summed E-state index contributed by atoms with van der Waals surface area (Å²) < 4.78 is 0. The topological polar surface area (TPSA) is 45.2 Å². The molecule has 0 aliphatic heterocycles. The third kappa shape index (κ3) is 3.03. The van der Waals surface area contributed by atoms with E-state index in [9.17, 15) is 4.79 Å². The molecule has 4 rings (SSSR count). The summed E-state index contributed by atoms with van der Waals surface area (Å²) in [5.74, 6) is -0.00277. The van der Waals surface area contributed by atoms with E-state index in [0.717, 1.165) is 58.2 Å². The molecule has 1 aliphatic rings. The number of para-hydroxylation sites is 1. The maximum Gasteiger partial charge on any atom is 0.252 e. The molecular weight excluding hydrogens is 322 g/mol. The molecule has 3 aromatic rings. The maximum absolute atomic E-state index is 13.1. The number of aryl methyl sites for hydroxylation is 1. The number of amides is 1. The molecule has 26 heavy (non-hydrogen) atoms. The van der Waals surface area contributed by atoms with Gasteiger partial charge in [0.1, 0.15) is 0 Å². The highest BCUT2D eigenvalue weighted by molar-refractivity contribution is 6.07. The highest BCUT2D eigenvalue weighted by Gasteiger charge is 2.23. The number of carbonyl (C=O) groups excluding carboxylic acids is 1. The number of rotatable bonds is 4. The van der Waals surface area contributed by atoms with Gasteiger partial charge in [-0.3, -0.25) is 9.78 Å². The van der Waals surface area contributed by atoms with Crippen LogP contribution in [0.1, 0.15) is 33.6 Å². The van der Waals surface area contributed by atoms with Gasteiger partial charge in [-0.15, -0.1) is 0 Å². The molecule has 1 heterocycles. The van der Waals surface area contributed by atoms with Crippen LogP contribution in [-0.2, 0) is 19.4 Å². The van der Waals surface area contributed by atoms with Crippen LogP contribution in [0.3, 0.4) is 0 Å². The molecule has 0 saturated heterocycles. The van der Waals surface area contributed by atoms with Gasteiger partial charge in [-0.2, -0.15) is 0 Å². The molecule has 0 bridgehead atoms. The summed E-state index contributed by atoms with van der Waals surface area (Å²) in [6.07, 6.45) is 2.97. The molecule has 1 aliphatic carbocycles. The zero-order valence-electron chi connectivity index (χ0n) is 15.2. The molecular formula is C22H23N3O. The van der Waals surface area contributed by atoms with E-state index < -0.39 is 0 Å². The van der Waals surface area contributed by atoms with E-state index in [1.54, 1.807) is 0 Å². The predicted molar refractivity (Wildman–Crippen MR) is 106 cm³/mol. The molecule has 1 aromatic heterocycles. The summed E-state index contributed by atoms with van der Waals surface area (Å²) in [5, 5.41) is 4.07. The van der Waals surface area contributed by atoms with E-state index in [1.807, 2.05) is 50.5 Å². The van der Waals surface area contributed by atoms with Gasteiger partial charge in [-0.25, -0.2) is 0 Å². The van der Waals surface area contributed by atoms with Gasteiger partial charge in [-0.1, -0.05) is 30.3 Å². The fourth-order valence-electron chi connectivity index (χ4n) is 3.69. The van der Waals surface area contributed by atoms with Crippen molar-refractivity contribution in [3.63, 3.8) is 0 Å². The first-order chi connectivity index (χ1) is 12.6. The number of carbonyl (C=O) groups is 1. The monoisotopic (exact) mass is 345 g/mol. The Morgan fingerprint density at radius 3 is 2.81 bits per heavy atom. The molecule has 1 N–H and O–H groups in total. The summed E-state index contributed by atoms with van der Waals surface area (Å²) in [4.78, 5) is 19.9. The summed E-state index contributed by atoms with van der Waals surface area (Å²) in [6.45, 7) is 0.520. The molecule has 4 heteroatoms. The van der Waals surface area contributed by atoms with Gasteiger partial charge in [0.05, 0.1) is 11.1 Å². The second kappa shape index (κ2) is 6.79. The number of benzene rings is 2. The van der Waals surface area contributed by atoms with Gasteiger partial charge in [0, 0.05) is 37.4 Å². The number of hydrogen-bond donors (Lipinski definition) is 1. The van der Waals surface area contributed by atoms with Gasteiger partial charge in [-0.05, 0) is 48.6 Å². The van der Waals surface area contributed by atoms with Crippen molar-refractivity contribution in [2.45, 2.75) is 25.8 Å². The minimum atomic E-state index is -0.00277. The van der Waals surface area contributed by atoms with Gasteiger partial charge in [0.2, 0.25) is 0 Å². The van der Waals surface area contributed by atoms with E-state index in [0.29, 0.717) is 6.54 Å². The van der Waals surface area contributed by atoms with Crippen LogP contribution in [0.2, 0.25) is 0 Å². The van der Waals surface area contributed by atoms with Crippen LogP contribution in [0.5, 0.6) is 0 Å². The van der Waals surface area contributed by atoms with Crippen LogP contribution in [-0.4, -0.2) is 25.0 Å². The van der Waals surface area contributed by atoms with Crippen LogP contribution in [0.15, 0.2) is 48.5 Å². The Kier molecular flexibility index (Phi) is 4.33. The lowest BCUT2D eigenvalue weighted by molar-refractivity contribution is 0.0951. The van der Waals surface area contributed by atoms with Crippen molar-refractivity contribution in [3.05, 3.63) is 70.9 Å². The van der Waals surface area contributed by atoms with E-state index in [1.165, 1.54) is 0 Å². The standard InChI is InChI=1S/C22H23N3O/c1-25(2)16-8-5-7-15(13-16)14-23-22(26)21-17-9-3-4-11-19(17)24-20-12-6-10-18(20)21/h3-5,7-9,11,13H,6,10,12,14H2,1-2H3,(H,23,26). The summed E-state index contributed by atoms with van der Waals surface area (Å²) >= 11 is 0. The third-order valence-corrected chi connectivity index (χ3v) is 5.03. The van der Waals surface area contributed by atoms with Gasteiger partial charge < -0.3 is 10.2 Å². The normalized spacial score (nSPS) is 12.8. The lowest BCUT2D eigenvalue weighted by atomic mass is 10.0. The number of pyridine rings is 1. The van der Waals surface area contributed by atoms with E-state index >= 15 is 0 Å². The molecule has 0 atom stereocenters. The second-order valence-corrected chi connectivity index (χ2v) is 7.03. The van der Waals surface area contributed by atoms with Crippen LogP contribution < -0.4 is 10.2 Å². The van der Waals surface area contributed by atoms with E-state index in [-0.39, 0.29) is 5.91 Å². The number of nitrogens with one attached hydrogen (secondary N) is 1. The Balaban J connectivity index is 1.64. The SMILES string of the molecule is CN(C)c1cccc(CNC(=O)c2c3c(nc4ccccc24)CCC3)c1. The van der Waals surface area contributed by atoms with E-state index in [4.69, 9.17) is 4.98 Å². The Morgan fingerprint density at radius 2 is 1.96 bits per heavy atom. The van der Waals surface area contributed by atoms with Gasteiger partial charge >= 0.3 is 0 Å². The first-order valence-corrected chi connectivity index (χ1v) is 9.08. The number of anilines is 1. The van der Waals surface area contributed by atoms with E-state index in [2.05, 4.69) is 22.3 Å². The lowest BCUT2D eigenvalue weighted by Crippen LogP contribution is -2.25. The molecule has 2 aromatic carbocycles. The number of nitrogens with zero attached hydrogens (tertiary/aromatic N) is 2. The molecule has 0 radical (unpaired) electrons. The van der Waals surface area contributed by atoms with Gasteiger partial charge in [0.15, 0.2) is 0 Å². The Hall–Kier alpha value is -2.88. The smallest absolute Gasteiger partial charge is 0.252 e. The molecule has 0 unspecified atom stereocenters. The highest BCUT2D eigenvalue weighted by Crippen LogP contribution is 2.30. The molecule has 0 saturated carbocycles. The molecule has 4 nitrogen and oxygen atoms in total. The minimum Gasteiger partial charge on any atom is -0.378 e. The predicted octanol–water partition coefficient (Wildman–Crippen LogP) is 3.72. The van der Waals surface area contributed by atoms with Crippen molar-refractivity contribution in [1.29, 1.82) is 0 Å². The Morgan fingerprint density at radius 1 is 1.12 bits per heavy atom. The summed E-state index contributed by atoms with van der Waals surface area (Å²) in [7, 11) is 4.04. The zero-order valence-corrected chi connectivity index (χ0v) is 15.2. The molecule has 132 valence electrons.